The standard InChI is InChI=1S/C26H20Cl2N2O3/c1-15-7-9-18(11-16(15)2)29-25(31)14-33-26(32)21-13-24(20-10-8-17(27)12-22(20)28)30-23-6-4-3-5-19(21)23/h3-13H,14H2,1-2H3,(H,29,31). The SMILES string of the molecule is Cc1ccc(NC(=O)COC(=O)c2cc(-c3ccc(Cl)cc3Cl)nc3ccccc23)cc1C. The maximum absolute atomic E-state index is 13.0. The molecule has 5 nitrogen and oxygen atoms in total. The molecule has 4 rings (SSSR count). The van der Waals surface area contributed by atoms with E-state index in [0.29, 0.717) is 43.5 Å². The van der Waals surface area contributed by atoms with Crippen LogP contribution in [-0.2, 0) is 9.53 Å². The third kappa shape index (κ3) is 5.16. The number of carbonyl (C=O) groups excluding carboxylic acids is 2. The first-order chi connectivity index (χ1) is 15.8. The number of halogens is 2. The Balaban J connectivity index is 1.58. The second-order valence-electron chi connectivity index (χ2n) is 7.62. The molecule has 0 radical (unpaired) electrons. The molecule has 3 aromatic carbocycles. The van der Waals surface area contributed by atoms with Crippen molar-refractivity contribution in [1.82, 2.24) is 4.98 Å². The number of rotatable bonds is 5. The minimum atomic E-state index is -0.629. The zero-order valence-corrected chi connectivity index (χ0v) is 19.5. The molecule has 7 heteroatoms. The summed E-state index contributed by atoms with van der Waals surface area (Å²) in [5.41, 5.74) is 4.86. The summed E-state index contributed by atoms with van der Waals surface area (Å²) in [5.74, 6) is -1.05. The Bertz CT molecular complexity index is 1390. The molecule has 33 heavy (non-hydrogen) atoms. The van der Waals surface area contributed by atoms with Crippen LogP contribution in [0.3, 0.4) is 0 Å². The Kier molecular flexibility index (Phi) is 6.63. The third-order valence-corrected chi connectivity index (χ3v) is 5.82. The molecule has 0 aliphatic rings. The van der Waals surface area contributed by atoms with E-state index in [9.17, 15) is 9.59 Å². The van der Waals surface area contributed by atoms with Crippen molar-refractivity contribution in [2.75, 3.05) is 11.9 Å². The monoisotopic (exact) mass is 478 g/mol. The minimum Gasteiger partial charge on any atom is -0.452 e. The topological polar surface area (TPSA) is 68.3 Å². The van der Waals surface area contributed by atoms with Gasteiger partial charge in [0.1, 0.15) is 0 Å². The molecule has 0 bridgehead atoms. The van der Waals surface area contributed by atoms with Gasteiger partial charge in [0.15, 0.2) is 6.61 Å². The van der Waals surface area contributed by atoms with Crippen molar-refractivity contribution >= 4 is 51.7 Å². The fourth-order valence-corrected chi connectivity index (χ4v) is 3.91. The fourth-order valence-electron chi connectivity index (χ4n) is 3.40. The van der Waals surface area contributed by atoms with Crippen molar-refractivity contribution in [2.45, 2.75) is 13.8 Å². The molecule has 1 heterocycles. The number of ether oxygens (including phenoxy) is 1. The van der Waals surface area contributed by atoms with Gasteiger partial charge in [0.2, 0.25) is 0 Å². The second kappa shape index (κ2) is 9.61. The molecule has 1 N–H and O–H groups in total. The number of anilines is 1. The van der Waals surface area contributed by atoms with Crippen molar-refractivity contribution in [3.05, 3.63) is 93.5 Å². The molecule has 0 spiro atoms. The Morgan fingerprint density at radius 3 is 2.48 bits per heavy atom. The van der Waals surface area contributed by atoms with Crippen molar-refractivity contribution in [3.63, 3.8) is 0 Å². The molecule has 0 aliphatic carbocycles. The van der Waals surface area contributed by atoms with Gasteiger partial charge in [0.05, 0.1) is 21.8 Å². The summed E-state index contributed by atoms with van der Waals surface area (Å²) in [6.07, 6.45) is 0. The summed E-state index contributed by atoms with van der Waals surface area (Å²) >= 11 is 12.4. The smallest absolute Gasteiger partial charge is 0.339 e. The number of aryl methyl sites for hydroxylation is 2. The first-order valence-electron chi connectivity index (χ1n) is 10.2. The minimum absolute atomic E-state index is 0.292. The molecule has 0 saturated carbocycles. The van der Waals surface area contributed by atoms with Crippen LogP contribution >= 0.6 is 23.2 Å². The van der Waals surface area contributed by atoms with E-state index in [1.165, 1.54) is 0 Å². The van der Waals surface area contributed by atoms with Crippen molar-refractivity contribution in [2.24, 2.45) is 0 Å². The Morgan fingerprint density at radius 2 is 1.73 bits per heavy atom. The Hall–Kier alpha value is -3.41. The highest BCUT2D eigenvalue weighted by Crippen LogP contribution is 2.32. The number of fused-ring (bicyclic) bond motifs is 1. The summed E-state index contributed by atoms with van der Waals surface area (Å²) in [4.78, 5) is 29.9. The molecule has 0 saturated heterocycles. The van der Waals surface area contributed by atoms with E-state index < -0.39 is 18.5 Å². The van der Waals surface area contributed by atoms with E-state index >= 15 is 0 Å². The number of benzene rings is 3. The van der Waals surface area contributed by atoms with Crippen molar-refractivity contribution < 1.29 is 14.3 Å². The third-order valence-electron chi connectivity index (χ3n) is 5.27. The van der Waals surface area contributed by atoms with Crippen molar-refractivity contribution in [1.29, 1.82) is 0 Å². The van der Waals surface area contributed by atoms with Crippen LogP contribution in [0.2, 0.25) is 10.0 Å². The largest absolute Gasteiger partial charge is 0.452 e. The van der Waals surface area contributed by atoms with E-state index in [1.54, 1.807) is 42.5 Å². The second-order valence-corrected chi connectivity index (χ2v) is 8.46. The lowest BCUT2D eigenvalue weighted by atomic mass is 10.0. The molecular formula is C26H20Cl2N2O3. The molecule has 0 atom stereocenters. The molecule has 1 aromatic heterocycles. The fraction of sp³-hybridized carbons (Fsp3) is 0.115. The van der Waals surface area contributed by atoms with Crippen LogP contribution in [0.25, 0.3) is 22.2 Å². The van der Waals surface area contributed by atoms with Gasteiger partial charge in [0.25, 0.3) is 5.91 Å². The number of carbonyl (C=O) groups is 2. The maximum atomic E-state index is 13.0. The number of hydrogen-bond acceptors (Lipinski definition) is 4. The maximum Gasteiger partial charge on any atom is 0.339 e. The summed E-state index contributed by atoms with van der Waals surface area (Å²) in [6, 6.07) is 19.5. The predicted octanol–water partition coefficient (Wildman–Crippen LogP) is 6.62. The van der Waals surface area contributed by atoms with Crippen LogP contribution in [0.15, 0.2) is 66.7 Å². The summed E-state index contributed by atoms with van der Waals surface area (Å²) in [7, 11) is 0. The van der Waals surface area contributed by atoms with Gasteiger partial charge in [-0.25, -0.2) is 9.78 Å². The molecule has 166 valence electrons. The predicted molar refractivity (Wildman–Crippen MR) is 132 cm³/mol. The lowest BCUT2D eigenvalue weighted by Crippen LogP contribution is -2.21. The highest BCUT2D eigenvalue weighted by molar-refractivity contribution is 6.36. The first kappa shape index (κ1) is 22.8. The summed E-state index contributed by atoms with van der Waals surface area (Å²) < 4.78 is 5.33. The summed E-state index contributed by atoms with van der Waals surface area (Å²) in [5, 5.41) is 4.28. The van der Waals surface area contributed by atoms with Crippen LogP contribution in [-0.4, -0.2) is 23.5 Å². The highest BCUT2D eigenvalue weighted by atomic mass is 35.5. The molecule has 0 fully saturated rings. The number of amides is 1. The quantitative estimate of drug-likeness (QED) is 0.327. The molecular weight excluding hydrogens is 459 g/mol. The number of esters is 1. The normalized spacial score (nSPS) is 10.8. The van der Waals surface area contributed by atoms with E-state index in [4.69, 9.17) is 27.9 Å². The van der Waals surface area contributed by atoms with Crippen LogP contribution in [0.1, 0.15) is 21.5 Å². The number of para-hydroxylation sites is 1. The van der Waals surface area contributed by atoms with Crippen LogP contribution in [0, 0.1) is 13.8 Å². The van der Waals surface area contributed by atoms with Crippen LogP contribution < -0.4 is 5.32 Å². The van der Waals surface area contributed by atoms with Gasteiger partial charge in [-0.05, 0) is 67.4 Å². The molecule has 4 aromatic rings. The van der Waals surface area contributed by atoms with Gasteiger partial charge in [-0.2, -0.15) is 0 Å². The number of nitrogens with one attached hydrogen (secondary N) is 1. The van der Waals surface area contributed by atoms with E-state index in [0.717, 1.165) is 11.1 Å². The number of hydrogen-bond donors (Lipinski definition) is 1. The van der Waals surface area contributed by atoms with Gasteiger partial charge in [-0.1, -0.05) is 47.5 Å². The Morgan fingerprint density at radius 1 is 0.939 bits per heavy atom. The van der Waals surface area contributed by atoms with Crippen molar-refractivity contribution in [3.8, 4) is 11.3 Å². The zero-order chi connectivity index (χ0) is 23.5. The van der Waals surface area contributed by atoms with Crippen LogP contribution in [0.4, 0.5) is 5.69 Å². The van der Waals surface area contributed by atoms with Gasteiger partial charge < -0.3 is 10.1 Å². The first-order valence-corrected chi connectivity index (χ1v) is 11.0. The lowest BCUT2D eigenvalue weighted by Gasteiger charge is -2.12. The van der Waals surface area contributed by atoms with E-state index in [-0.39, 0.29) is 0 Å². The molecule has 0 aliphatic heterocycles. The highest BCUT2D eigenvalue weighted by Gasteiger charge is 2.18. The average Bonchev–Trinajstić information content (AvgIpc) is 2.79. The molecule has 0 unspecified atom stereocenters. The number of pyridine rings is 1. The average molecular weight is 479 g/mol. The number of nitrogens with zero attached hydrogens (tertiary/aromatic N) is 1. The van der Waals surface area contributed by atoms with Crippen LogP contribution in [0.5, 0.6) is 0 Å². The summed E-state index contributed by atoms with van der Waals surface area (Å²) in [6.45, 7) is 3.54. The lowest BCUT2D eigenvalue weighted by molar-refractivity contribution is -0.119. The van der Waals surface area contributed by atoms with Gasteiger partial charge in [0, 0.05) is 21.7 Å². The number of aromatic nitrogens is 1. The van der Waals surface area contributed by atoms with E-state index in [1.807, 2.05) is 38.1 Å². The van der Waals surface area contributed by atoms with Gasteiger partial charge in [-0.15, -0.1) is 0 Å². The zero-order valence-electron chi connectivity index (χ0n) is 18.0. The van der Waals surface area contributed by atoms with Gasteiger partial charge in [-0.3, -0.25) is 4.79 Å². The Labute approximate surface area is 201 Å². The van der Waals surface area contributed by atoms with E-state index in [2.05, 4.69) is 10.3 Å². The molecule has 1 amide bonds. The van der Waals surface area contributed by atoms with Gasteiger partial charge >= 0.3 is 5.97 Å².